The third kappa shape index (κ3) is 3.09. The molecule has 1 aliphatic rings. The van der Waals surface area contributed by atoms with Crippen molar-refractivity contribution < 1.29 is 0 Å². The van der Waals surface area contributed by atoms with Gasteiger partial charge in [0.25, 0.3) is 0 Å². The molecule has 6 heteroatoms. The summed E-state index contributed by atoms with van der Waals surface area (Å²) in [6, 6.07) is 12.7. The van der Waals surface area contributed by atoms with Crippen LogP contribution >= 0.6 is 11.3 Å². The van der Waals surface area contributed by atoms with Crippen LogP contribution in [0.1, 0.15) is 18.5 Å². The number of imidazole rings is 1. The molecule has 3 aromatic heterocycles. The van der Waals surface area contributed by atoms with Crippen LogP contribution < -0.4 is 5.32 Å². The van der Waals surface area contributed by atoms with E-state index in [2.05, 4.69) is 62.9 Å². The van der Waals surface area contributed by atoms with Crippen molar-refractivity contribution in [2.45, 2.75) is 19.8 Å². The first-order chi connectivity index (χ1) is 13.3. The zero-order valence-electron chi connectivity index (χ0n) is 15.5. The number of nitrogens with zero attached hydrogens (tertiary/aromatic N) is 4. The lowest BCUT2D eigenvalue weighted by Crippen LogP contribution is -2.26. The minimum Gasteiger partial charge on any atom is -0.366 e. The van der Waals surface area contributed by atoms with Crippen LogP contribution in [0.15, 0.2) is 42.6 Å². The topological polar surface area (TPSA) is 45.5 Å². The molecule has 0 aliphatic carbocycles. The molecular weight excluding hydrogens is 354 g/mol. The normalized spacial score (nSPS) is 15.1. The highest BCUT2D eigenvalue weighted by atomic mass is 32.1. The lowest BCUT2D eigenvalue weighted by atomic mass is 10.2. The molecule has 0 atom stereocenters. The van der Waals surface area contributed by atoms with Crippen LogP contribution in [0, 0.1) is 6.92 Å². The van der Waals surface area contributed by atoms with Crippen molar-refractivity contribution in [3.05, 3.63) is 48.3 Å². The Bertz CT molecular complexity index is 1080. The fourth-order valence-corrected chi connectivity index (χ4v) is 5.01. The predicted molar refractivity (Wildman–Crippen MR) is 113 cm³/mol. The van der Waals surface area contributed by atoms with Crippen molar-refractivity contribution >= 4 is 33.1 Å². The van der Waals surface area contributed by atoms with Crippen molar-refractivity contribution in [3.8, 4) is 10.4 Å². The SMILES string of the molecule is Cc1cnc2c(NCCN3CCCC3)nc3cc(-c4ccccc4)sc3n12. The molecule has 138 valence electrons. The monoisotopic (exact) mass is 377 g/mol. The van der Waals surface area contributed by atoms with Gasteiger partial charge in [0.05, 0.1) is 0 Å². The molecule has 0 radical (unpaired) electrons. The molecule has 4 heterocycles. The molecule has 0 saturated carbocycles. The number of likely N-dealkylation sites (tertiary alicyclic amines) is 1. The van der Waals surface area contributed by atoms with E-state index in [1.165, 1.54) is 36.4 Å². The molecule has 1 saturated heterocycles. The van der Waals surface area contributed by atoms with Gasteiger partial charge in [-0.1, -0.05) is 30.3 Å². The molecule has 4 aromatic rings. The van der Waals surface area contributed by atoms with Crippen molar-refractivity contribution in [3.63, 3.8) is 0 Å². The predicted octanol–water partition coefficient (Wildman–Crippen LogP) is 4.43. The smallest absolute Gasteiger partial charge is 0.181 e. The summed E-state index contributed by atoms with van der Waals surface area (Å²) in [6.45, 7) is 6.50. The number of fused-ring (bicyclic) bond motifs is 3. The fraction of sp³-hybridized carbons (Fsp3) is 0.333. The molecular formula is C21H23N5S. The van der Waals surface area contributed by atoms with Gasteiger partial charge in [-0.3, -0.25) is 4.40 Å². The number of hydrogen-bond acceptors (Lipinski definition) is 5. The number of aryl methyl sites for hydroxylation is 1. The summed E-state index contributed by atoms with van der Waals surface area (Å²) in [5.74, 6) is 0.882. The van der Waals surface area contributed by atoms with Gasteiger partial charge in [0, 0.05) is 29.9 Å². The second kappa shape index (κ2) is 6.94. The van der Waals surface area contributed by atoms with E-state index in [-0.39, 0.29) is 0 Å². The maximum Gasteiger partial charge on any atom is 0.181 e. The summed E-state index contributed by atoms with van der Waals surface area (Å²) in [6.07, 6.45) is 4.58. The van der Waals surface area contributed by atoms with E-state index in [1.54, 1.807) is 11.3 Å². The zero-order chi connectivity index (χ0) is 18.2. The van der Waals surface area contributed by atoms with Crippen LogP contribution in [0.2, 0.25) is 0 Å². The Labute approximate surface area is 162 Å². The van der Waals surface area contributed by atoms with Crippen molar-refractivity contribution in [2.75, 3.05) is 31.5 Å². The van der Waals surface area contributed by atoms with E-state index in [1.807, 2.05) is 6.20 Å². The van der Waals surface area contributed by atoms with Crippen LogP contribution in [-0.4, -0.2) is 45.4 Å². The van der Waals surface area contributed by atoms with E-state index in [0.29, 0.717) is 0 Å². The molecule has 0 bridgehead atoms. The van der Waals surface area contributed by atoms with E-state index < -0.39 is 0 Å². The molecule has 0 spiro atoms. The lowest BCUT2D eigenvalue weighted by Gasteiger charge is -2.15. The Balaban J connectivity index is 1.52. The highest BCUT2D eigenvalue weighted by Gasteiger charge is 2.16. The molecule has 5 nitrogen and oxygen atoms in total. The summed E-state index contributed by atoms with van der Waals surface area (Å²) >= 11 is 1.78. The van der Waals surface area contributed by atoms with Gasteiger partial charge in [-0.2, -0.15) is 0 Å². The first-order valence-corrected chi connectivity index (χ1v) is 10.4. The highest BCUT2D eigenvalue weighted by molar-refractivity contribution is 7.21. The third-order valence-electron chi connectivity index (χ3n) is 5.26. The van der Waals surface area contributed by atoms with Gasteiger partial charge < -0.3 is 10.2 Å². The zero-order valence-corrected chi connectivity index (χ0v) is 16.3. The second-order valence-corrected chi connectivity index (χ2v) is 8.19. The Kier molecular flexibility index (Phi) is 4.30. The van der Waals surface area contributed by atoms with E-state index in [9.17, 15) is 0 Å². The number of thiophene rings is 1. The average molecular weight is 378 g/mol. The number of benzene rings is 1. The number of rotatable bonds is 5. The van der Waals surface area contributed by atoms with Crippen LogP contribution in [0.5, 0.6) is 0 Å². The average Bonchev–Trinajstić information content (AvgIpc) is 3.42. The van der Waals surface area contributed by atoms with Crippen molar-refractivity contribution in [2.24, 2.45) is 0 Å². The molecule has 1 fully saturated rings. The Morgan fingerprint density at radius 1 is 1.15 bits per heavy atom. The summed E-state index contributed by atoms with van der Waals surface area (Å²) in [7, 11) is 0. The van der Waals surface area contributed by atoms with Gasteiger partial charge in [-0.05, 0) is 44.5 Å². The van der Waals surface area contributed by atoms with Crippen LogP contribution in [0.25, 0.3) is 26.4 Å². The lowest BCUT2D eigenvalue weighted by molar-refractivity contribution is 0.352. The maximum atomic E-state index is 4.92. The first-order valence-electron chi connectivity index (χ1n) is 9.59. The molecule has 1 aliphatic heterocycles. The van der Waals surface area contributed by atoms with Crippen molar-refractivity contribution in [1.29, 1.82) is 0 Å². The van der Waals surface area contributed by atoms with Gasteiger partial charge in [0.15, 0.2) is 11.5 Å². The fourth-order valence-electron chi connectivity index (χ4n) is 3.84. The van der Waals surface area contributed by atoms with E-state index in [4.69, 9.17) is 4.98 Å². The third-order valence-corrected chi connectivity index (χ3v) is 6.41. The quantitative estimate of drug-likeness (QED) is 0.559. The Hall–Kier alpha value is -2.44. The molecule has 27 heavy (non-hydrogen) atoms. The van der Waals surface area contributed by atoms with E-state index >= 15 is 0 Å². The summed E-state index contributed by atoms with van der Waals surface area (Å²) in [4.78, 5) is 14.5. The number of aromatic nitrogens is 3. The number of hydrogen-bond donors (Lipinski definition) is 1. The molecule has 1 N–H and O–H groups in total. The van der Waals surface area contributed by atoms with Gasteiger partial charge in [0.1, 0.15) is 10.3 Å². The van der Waals surface area contributed by atoms with Gasteiger partial charge in [-0.25, -0.2) is 9.97 Å². The number of anilines is 1. The van der Waals surface area contributed by atoms with Gasteiger partial charge in [-0.15, -0.1) is 11.3 Å². The minimum absolute atomic E-state index is 0.882. The number of nitrogens with one attached hydrogen (secondary N) is 1. The van der Waals surface area contributed by atoms with Crippen LogP contribution in [0.4, 0.5) is 5.82 Å². The largest absolute Gasteiger partial charge is 0.366 e. The molecule has 5 rings (SSSR count). The highest BCUT2D eigenvalue weighted by Crippen LogP contribution is 2.35. The van der Waals surface area contributed by atoms with Crippen LogP contribution in [-0.2, 0) is 0 Å². The second-order valence-electron chi connectivity index (χ2n) is 7.16. The maximum absolute atomic E-state index is 4.92. The summed E-state index contributed by atoms with van der Waals surface area (Å²) in [5, 5.41) is 3.54. The van der Waals surface area contributed by atoms with Gasteiger partial charge in [0.2, 0.25) is 0 Å². The standard InChI is InChI=1S/C21H23N5S/c1-15-14-23-20-19(22-9-12-25-10-5-6-11-25)24-17-13-18(27-21(17)26(15)20)16-7-3-2-4-8-16/h2-4,7-8,13-14H,5-6,9-12H2,1H3,(H,22,24). The van der Waals surface area contributed by atoms with Gasteiger partial charge >= 0.3 is 0 Å². The Morgan fingerprint density at radius 2 is 1.96 bits per heavy atom. The first kappa shape index (κ1) is 16.7. The minimum atomic E-state index is 0.882. The summed E-state index contributed by atoms with van der Waals surface area (Å²) < 4.78 is 2.23. The van der Waals surface area contributed by atoms with Crippen LogP contribution in [0.3, 0.4) is 0 Å². The van der Waals surface area contributed by atoms with E-state index in [0.717, 1.165) is 40.6 Å². The Morgan fingerprint density at radius 3 is 2.78 bits per heavy atom. The molecule has 0 amide bonds. The molecule has 0 unspecified atom stereocenters. The molecule has 1 aromatic carbocycles. The summed E-state index contributed by atoms with van der Waals surface area (Å²) in [5.41, 5.74) is 4.32. The van der Waals surface area contributed by atoms with Crippen molar-refractivity contribution in [1.82, 2.24) is 19.3 Å².